The van der Waals surface area contributed by atoms with E-state index in [0.29, 0.717) is 5.56 Å². The molecule has 0 radical (unpaired) electrons. The van der Waals surface area contributed by atoms with Crippen molar-refractivity contribution in [3.8, 4) is 0 Å². The Labute approximate surface area is 122 Å². The molecule has 2 aromatic heterocycles. The Hall–Kier alpha value is -2.09. The van der Waals surface area contributed by atoms with Crippen LogP contribution in [-0.4, -0.2) is 15.2 Å². The van der Waals surface area contributed by atoms with Gasteiger partial charge in [0.15, 0.2) is 0 Å². The molecule has 0 fully saturated rings. The number of hydrogen-bond acceptors (Lipinski definition) is 4. The lowest BCUT2D eigenvalue weighted by Crippen LogP contribution is -2.15. The van der Waals surface area contributed by atoms with E-state index in [1.807, 2.05) is 0 Å². The highest BCUT2D eigenvalue weighted by Crippen LogP contribution is 2.28. The van der Waals surface area contributed by atoms with Crippen molar-refractivity contribution in [2.75, 3.05) is 5.32 Å². The number of alkyl halides is 3. The number of halogens is 4. The van der Waals surface area contributed by atoms with E-state index in [1.165, 1.54) is 12.3 Å². The summed E-state index contributed by atoms with van der Waals surface area (Å²) in [5.41, 5.74) is -0.721. The van der Waals surface area contributed by atoms with E-state index in [-0.39, 0.29) is 10.7 Å². The summed E-state index contributed by atoms with van der Waals surface area (Å²) in [4.78, 5) is 14.7. The van der Waals surface area contributed by atoms with E-state index in [4.69, 9.17) is 11.6 Å². The minimum absolute atomic E-state index is 0.0725. The number of hydrogen-bond donors (Lipinski definition) is 2. The van der Waals surface area contributed by atoms with Crippen LogP contribution in [-0.2, 0) is 6.18 Å². The van der Waals surface area contributed by atoms with Gasteiger partial charge < -0.3 is 5.32 Å². The Balaban J connectivity index is 2.19. The molecule has 0 bridgehead atoms. The molecule has 0 saturated heterocycles. The van der Waals surface area contributed by atoms with Gasteiger partial charge in [0.25, 0.3) is 5.56 Å². The average molecular weight is 319 g/mol. The molecule has 2 aromatic rings. The van der Waals surface area contributed by atoms with Crippen LogP contribution in [0.4, 0.5) is 18.9 Å². The summed E-state index contributed by atoms with van der Waals surface area (Å²) in [5.74, 6) is 0. The maximum absolute atomic E-state index is 12.4. The van der Waals surface area contributed by atoms with Crippen LogP contribution in [0.1, 0.15) is 24.2 Å². The number of aromatic nitrogens is 3. The number of anilines is 1. The van der Waals surface area contributed by atoms with Gasteiger partial charge in [-0.15, -0.1) is 0 Å². The number of H-pyrrole nitrogens is 1. The van der Waals surface area contributed by atoms with Crippen molar-refractivity contribution in [1.82, 2.24) is 15.2 Å². The second-order valence-electron chi connectivity index (χ2n) is 4.27. The van der Waals surface area contributed by atoms with Gasteiger partial charge in [0.05, 0.1) is 17.9 Å². The number of nitrogens with one attached hydrogen (secondary N) is 2. The monoisotopic (exact) mass is 318 g/mol. The van der Waals surface area contributed by atoms with E-state index in [9.17, 15) is 18.0 Å². The Kier molecular flexibility index (Phi) is 4.17. The van der Waals surface area contributed by atoms with Crippen molar-refractivity contribution >= 4 is 17.3 Å². The first-order valence-electron chi connectivity index (χ1n) is 5.82. The smallest absolute Gasteiger partial charge is 0.376 e. The third-order valence-electron chi connectivity index (χ3n) is 2.74. The Morgan fingerprint density at radius 3 is 2.62 bits per heavy atom. The van der Waals surface area contributed by atoms with Gasteiger partial charge in [-0.05, 0) is 18.6 Å². The largest absolute Gasteiger partial charge is 0.433 e. The van der Waals surface area contributed by atoms with Gasteiger partial charge >= 0.3 is 6.18 Å². The van der Waals surface area contributed by atoms with Crippen LogP contribution in [0.15, 0.2) is 29.3 Å². The Morgan fingerprint density at radius 2 is 2.05 bits per heavy atom. The normalized spacial score (nSPS) is 13.0. The summed E-state index contributed by atoms with van der Waals surface area (Å²) in [5, 5.41) is 8.57. The fourth-order valence-corrected chi connectivity index (χ4v) is 1.78. The molecule has 21 heavy (non-hydrogen) atoms. The standard InChI is InChI=1S/C12H10ClF3N4O/c1-6(19-8-5-18-20-11(21)10(8)13)7-2-3-9(17-4-7)12(14,15)16/h2-6H,1H3,(H2,19,20,21)/t6-/m1/s1. The first kappa shape index (κ1) is 15.3. The number of rotatable bonds is 3. The Morgan fingerprint density at radius 1 is 1.33 bits per heavy atom. The molecule has 2 heterocycles. The van der Waals surface area contributed by atoms with Gasteiger partial charge in [0.1, 0.15) is 10.7 Å². The number of nitrogens with zero attached hydrogens (tertiary/aromatic N) is 2. The van der Waals surface area contributed by atoms with Crippen molar-refractivity contribution < 1.29 is 13.2 Å². The highest BCUT2D eigenvalue weighted by Gasteiger charge is 2.32. The molecule has 9 heteroatoms. The van der Waals surface area contributed by atoms with Crippen LogP contribution < -0.4 is 10.9 Å². The van der Waals surface area contributed by atoms with E-state index in [2.05, 4.69) is 20.5 Å². The quantitative estimate of drug-likeness (QED) is 0.912. The molecular weight excluding hydrogens is 309 g/mol. The van der Waals surface area contributed by atoms with E-state index >= 15 is 0 Å². The molecule has 0 unspecified atom stereocenters. The highest BCUT2D eigenvalue weighted by molar-refractivity contribution is 6.32. The first-order chi connectivity index (χ1) is 9.79. The second kappa shape index (κ2) is 5.72. The van der Waals surface area contributed by atoms with E-state index in [1.54, 1.807) is 6.92 Å². The topological polar surface area (TPSA) is 70.7 Å². The van der Waals surface area contributed by atoms with Crippen molar-refractivity contribution in [1.29, 1.82) is 0 Å². The van der Waals surface area contributed by atoms with Crippen LogP contribution in [0.3, 0.4) is 0 Å². The SMILES string of the molecule is C[C@@H](Nc1cn[nH]c(=O)c1Cl)c1ccc(C(F)(F)F)nc1. The van der Waals surface area contributed by atoms with Gasteiger partial charge in [-0.1, -0.05) is 17.7 Å². The van der Waals surface area contributed by atoms with Gasteiger partial charge in [-0.25, -0.2) is 5.10 Å². The summed E-state index contributed by atoms with van der Waals surface area (Å²) < 4.78 is 37.3. The fourth-order valence-electron chi connectivity index (χ4n) is 1.63. The number of pyridine rings is 1. The molecule has 0 aromatic carbocycles. The van der Waals surface area contributed by atoms with Crippen molar-refractivity contribution in [3.05, 3.63) is 51.2 Å². The van der Waals surface area contributed by atoms with Crippen LogP contribution in [0.2, 0.25) is 5.02 Å². The molecule has 0 amide bonds. The molecule has 2 rings (SSSR count). The molecule has 0 aliphatic heterocycles. The molecule has 5 nitrogen and oxygen atoms in total. The maximum Gasteiger partial charge on any atom is 0.433 e. The average Bonchev–Trinajstić information content (AvgIpc) is 2.43. The maximum atomic E-state index is 12.4. The summed E-state index contributed by atoms with van der Waals surface area (Å²) in [6.45, 7) is 1.70. The Bertz CT molecular complexity index is 684. The van der Waals surface area contributed by atoms with Gasteiger partial charge in [-0.2, -0.15) is 18.3 Å². The molecular formula is C12H10ClF3N4O. The van der Waals surface area contributed by atoms with Crippen LogP contribution >= 0.6 is 11.6 Å². The lowest BCUT2D eigenvalue weighted by atomic mass is 10.1. The van der Waals surface area contributed by atoms with E-state index < -0.39 is 23.5 Å². The van der Waals surface area contributed by atoms with Crippen LogP contribution in [0, 0.1) is 0 Å². The predicted molar refractivity (Wildman–Crippen MR) is 71.1 cm³/mol. The number of aromatic amines is 1. The summed E-state index contributed by atoms with van der Waals surface area (Å²) in [6.07, 6.45) is -2.04. The first-order valence-corrected chi connectivity index (χ1v) is 6.19. The van der Waals surface area contributed by atoms with E-state index in [0.717, 1.165) is 12.3 Å². The molecule has 112 valence electrons. The van der Waals surface area contributed by atoms with Gasteiger partial charge in [0, 0.05) is 6.20 Å². The lowest BCUT2D eigenvalue weighted by molar-refractivity contribution is -0.141. The third-order valence-corrected chi connectivity index (χ3v) is 3.12. The van der Waals surface area contributed by atoms with Crippen molar-refractivity contribution in [2.45, 2.75) is 19.1 Å². The molecule has 0 spiro atoms. The summed E-state index contributed by atoms with van der Waals surface area (Å²) in [7, 11) is 0. The molecule has 1 atom stereocenters. The fraction of sp³-hybridized carbons (Fsp3) is 0.250. The summed E-state index contributed by atoms with van der Waals surface area (Å²) in [6, 6.07) is 1.80. The summed E-state index contributed by atoms with van der Waals surface area (Å²) >= 11 is 5.80. The zero-order valence-electron chi connectivity index (χ0n) is 10.7. The zero-order valence-corrected chi connectivity index (χ0v) is 11.5. The van der Waals surface area contributed by atoms with Gasteiger partial charge in [0.2, 0.25) is 0 Å². The van der Waals surface area contributed by atoms with Crippen molar-refractivity contribution in [2.24, 2.45) is 0 Å². The zero-order chi connectivity index (χ0) is 15.6. The minimum atomic E-state index is -4.48. The van der Waals surface area contributed by atoms with Gasteiger partial charge in [-0.3, -0.25) is 9.78 Å². The van der Waals surface area contributed by atoms with Crippen LogP contribution in [0.25, 0.3) is 0 Å². The molecule has 0 aliphatic carbocycles. The molecule has 2 N–H and O–H groups in total. The second-order valence-corrected chi connectivity index (χ2v) is 4.65. The minimum Gasteiger partial charge on any atom is -0.376 e. The molecule has 0 saturated carbocycles. The highest BCUT2D eigenvalue weighted by atomic mass is 35.5. The molecule has 0 aliphatic rings. The lowest BCUT2D eigenvalue weighted by Gasteiger charge is -2.16. The van der Waals surface area contributed by atoms with Crippen LogP contribution in [0.5, 0.6) is 0 Å². The van der Waals surface area contributed by atoms with Crippen molar-refractivity contribution in [3.63, 3.8) is 0 Å². The third kappa shape index (κ3) is 3.52. The predicted octanol–water partition coefficient (Wildman–Crippen LogP) is 3.01.